The molecule has 0 spiro atoms. The number of halogens is 1. The van der Waals surface area contributed by atoms with Crippen molar-refractivity contribution < 1.29 is 18.3 Å². The second kappa shape index (κ2) is 8.63. The molecule has 0 atom stereocenters. The first-order valence-electron chi connectivity index (χ1n) is 8.53. The van der Waals surface area contributed by atoms with E-state index in [4.69, 9.17) is 11.6 Å². The predicted molar refractivity (Wildman–Crippen MR) is 109 cm³/mol. The van der Waals surface area contributed by atoms with Crippen molar-refractivity contribution in [2.75, 3.05) is 23.2 Å². The highest BCUT2D eigenvalue weighted by molar-refractivity contribution is 7.92. The van der Waals surface area contributed by atoms with Gasteiger partial charge in [-0.25, -0.2) is 13.2 Å². The van der Waals surface area contributed by atoms with Crippen molar-refractivity contribution in [1.82, 2.24) is 0 Å². The summed E-state index contributed by atoms with van der Waals surface area (Å²) in [7, 11) is -2.08. The molecular formula is C19H23ClN2O4S. The first kappa shape index (κ1) is 21.1. The molecule has 0 fully saturated rings. The molecule has 0 bridgehead atoms. The van der Waals surface area contributed by atoms with Crippen molar-refractivity contribution >= 4 is 39.0 Å². The highest BCUT2D eigenvalue weighted by Crippen LogP contribution is 2.28. The molecular weight excluding hydrogens is 388 g/mol. The van der Waals surface area contributed by atoms with Crippen molar-refractivity contribution in [1.29, 1.82) is 0 Å². The van der Waals surface area contributed by atoms with Crippen LogP contribution in [-0.4, -0.2) is 33.1 Å². The standard InChI is InChI=1S/C19H23ClN2O4S/c1-4-5-11-22(3)17-10-9-14(12-15(17)19(23)24)21-27(25,26)18-8-6-7-16(20)13(18)2/h6-10,12,21H,4-5,11H2,1-3H3,(H,23,24). The second-order valence-corrected chi connectivity index (χ2v) is 8.34. The summed E-state index contributed by atoms with van der Waals surface area (Å²) in [6, 6.07) is 9.12. The molecule has 0 radical (unpaired) electrons. The summed E-state index contributed by atoms with van der Waals surface area (Å²) >= 11 is 6.01. The molecule has 0 aromatic heterocycles. The van der Waals surface area contributed by atoms with E-state index in [1.165, 1.54) is 12.1 Å². The fourth-order valence-corrected chi connectivity index (χ4v) is 4.26. The van der Waals surface area contributed by atoms with Crippen molar-refractivity contribution in [2.45, 2.75) is 31.6 Å². The van der Waals surface area contributed by atoms with E-state index in [9.17, 15) is 18.3 Å². The number of benzene rings is 2. The Kier molecular flexibility index (Phi) is 6.73. The van der Waals surface area contributed by atoms with Crippen LogP contribution in [0, 0.1) is 6.92 Å². The highest BCUT2D eigenvalue weighted by Gasteiger charge is 2.20. The minimum Gasteiger partial charge on any atom is -0.478 e. The van der Waals surface area contributed by atoms with Gasteiger partial charge in [-0.3, -0.25) is 4.72 Å². The lowest BCUT2D eigenvalue weighted by Gasteiger charge is -2.22. The summed E-state index contributed by atoms with van der Waals surface area (Å²) in [5.74, 6) is -1.12. The van der Waals surface area contributed by atoms with Crippen LogP contribution in [0.2, 0.25) is 5.02 Å². The van der Waals surface area contributed by atoms with Crippen LogP contribution in [0.3, 0.4) is 0 Å². The van der Waals surface area contributed by atoms with Gasteiger partial charge in [-0.15, -0.1) is 0 Å². The van der Waals surface area contributed by atoms with Gasteiger partial charge in [0.05, 0.1) is 16.1 Å². The largest absolute Gasteiger partial charge is 0.478 e. The summed E-state index contributed by atoms with van der Waals surface area (Å²) in [4.78, 5) is 13.6. The molecule has 0 saturated heterocycles. The molecule has 0 amide bonds. The Labute approximate surface area is 164 Å². The van der Waals surface area contributed by atoms with Crippen LogP contribution in [0.1, 0.15) is 35.7 Å². The molecule has 6 nitrogen and oxygen atoms in total. The van der Waals surface area contributed by atoms with Gasteiger partial charge < -0.3 is 10.0 Å². The minimum absolute atomic E-state index is 0.0385. The fraction of sp³-hybridized carbons (Fsp3) is 0.316. The summed E-state index contributed by atoms with van der Waals surface area (Å²) < 4.78 is 27.8. The van der Waals surface area contributed by atoms with Gasteiger partial charge in [0.1, 0.15) is 0 Å². The van der Waals surface area contributed by atoms with Gasteiger partial charge in [0.15, 0.2) is 0 Å². The number of aromatic carboxylic acids is 1. The second-order valence-electron chi connectivity index (χ2n) is 6.28. The Morgan fingerprint density at radius 2 is 1.96 bits per heavy atom. The minimum atomic E-state index is -3.90. The topological polar surface area (TPSA) is 86.7 Å². The van der Waals surface area contributed by atoms with Crippen LogP contribution in [-0.2, 0) is 10.0 Å². The molecule has 27 heavy (non-hydrogen) atoms. The zero-order chi connectivity index (χ0) is 20.2. The van der Waals surface area contributed by atoms with Crippen LogP contribution in [0.5, 0.6) is 0 Å². The van der Waals surface area contributed by atoms with Crippen LogP contribution in [0.25, 0.3) is 0 Å². The van der Waals surface area contributed by atoms with Crippen molar-refractivity contribution in [3.8, 4) is 0 Å². The van der Waals surface area contributed by atoms with Crippen molar-refractivity contribution in [2.24, 2.45) is 0 Å². The van der Waals surface area contributed by atoms with E-state index in [1.807, 2.05) is 11.9 Å². The Morgan fingerprint density at radius 3 is 2.59 bits per heavy atom. The number of sulfonamides is 1. The summed E-state index contributed by atoms with van der Waals surface area (Å²) in [6.07, 6.45) is 1.92. The summed E-state index contributed by atoms with van der Waals surface area (Å²) in [5, 5.41) is 9.88. The van der Waals surface area contributed by atoms with Gasteiger partial charge >= 0.3 is 5.97 Å². The van der Waals surface area contributed by atoms with E-state index in [1.54, 1.807) is 31.2 Å². The predicted octanol–water partition coefficient (Wildman–Crippen LogP) is 4.38. The number of carbonyl (C=O) groups is 1. The molecule has 0 saturated carbocycles. The number of carboxylic acids is 1. The van der Waals surface area contributed by atoms with Gasteiger partial charge in [0, 0.05) is 24.3 Å². The van der Waals surface area contributed by atoms with Gasteiger partial charge in [0.2, 0.25) is 0 Å². The fourth-order valence-electron chi connectivity index (χ4n) is 2.71. The van der Waals surface area contributed by atoms with Gasteiger partial charge in [-0.1, -0.05) is 31.0 Å². The third-order valence-corrected chi connectivity index (χ3v) is 6.18. The van der Waals surface area contributed by atoms with Crippen LogP contribution in [0.4, 0.5) is 11.4 Å². The molecule has 0 aliphatic heterocycles. The molecule has 0 unspecified atom stereocenters. The maximum Gasteiger partial charge on any atom is 0.337 e. The number of hydrogen-bond donors (Lipinski definition) is 2. The average Bonchev–Trinajstić information content (AvgIpc) is 2.61. The van der Waals surface area contributed by atoms with E-state index in [2.05, 4.69) is 11.6 Å². The smallest absolute Gasteiger partial charge is 0.337 e. The first-order chi connectivity index (χ1) is 12.7. The molecule has 0 heterocycles. The van der Waals surface area contributed by atoms with Crippen molar-refractivity contribution in [3.05, 3.63) is 52.5 Å². The maximum atomic E-state index is 12.7. The van der Waals surface area contributed by atoms with E-state index < -0.39 is 16.0 Å². The number of nitrogens with zero attached hydrogens (tertiary/aromatic N) is 1. The lowest BCUT2D eigenvalue weighted by molar-refractivity contribution is 0.0697. The molecule has 2 N–H and O–H groups in total. The Balaban J connectivity index is 2.38. The summed E-state index contributed by atoms with van der Waals surface area (Å²) in [6.45, 7) is 4.39. The Morgan fingerprint density at radius 1 is 1.26 bits per heavy atom. The number of nitrogens with one attached hydrogen (secondary N) is 1. The van der Waals surface area contributed by atoms with Gasteiger partial charge in [-0.2, -0.15) is 0 Å². The Hall–Kier alpha value is -2.25. The molecule has 2 aromatic carbocycles. The third kappa shape index (κ3) is 4.93. The van der Waals surface area contributed by atoms with E-state index in [0.717, 1.165) is 12.8 Å². The lowest BCUT2D eigenvalue weighted by atomic mass is 10.1. The van der Waals surface area contributed by atoms with Crippen LogP contribution >= 0.6 is 11.6 Å². The number of carboxylic acid groups (broad SMARTS) is 1. The quantitative estimate of drug-likeness (QED) is 0.674. The van der Waals surface area contributed by atoms with E-state index >= 15 is 0 Å². The SMILES string of the molecule is CCCCN(C)c1ccc(NS(=O)(=O)c2cccc(Cl)c2C)cc1C(=O)O. The summed E-state index contributed by atoms with van der Waals surface area (Å²) in [5.41, 5.74) is 1.19. The number of unbranched alkanes of at least 4 members (excludes halogenated alkanes) is 1. The van der Waals surface area contributed by atoms with E-state index in [-0.39, 0.29) is 16.1 Å². The molecule has 0 aliphatic rings. The number of hydrogen-bond acceptors (Lipinski definition) is 4. The lowest BCUT2D eigenvalue weighted by Crippen LogP contribution is -2.21. The van der Waals surface area contributed by atoms with Gasteiger partial charge in [-0.05, 0) is 49.2 Å². The van der Waals surface area contributed by atoms with Crippen LogP contribution in [0.15, 0.2) is 41.3 Å². The van der Waals surface area contributed by atoms with Crippen LogP contribution < -0.4 is 9.62 Å². The van der Waals surface area contributed by atoms with Crippen molar-refractivity contribution in [3.63, 3.8) is 0 Å². The zero-order valence-electron chi connectivity index (χ0n) is 15.5. The molecule has 0 aliphatic carbocycles. The molecule has 2 aromatic rings. The average molecular weight is 411 g/mol. The van der Waals surface area contributed by atoms with Gasteiger partial charge in [0.25, 0.3) is 10.0 Å². The number of rotatable bonds is 8. The number of anilines is 2. The zero-order valence-corrected chi connectivity index (χ0v) is 17.1. The molecule has 8 heteroatoms. The first-order valence-corrected chi connectivity index (χ1v) is 10.4. The molecule has 146 valence electrons. The van der Waals surface area contributed by atoms with E-state index in [0.29, 0.717) is 22.8 Å². The Bertz CT molecular complexity index is 945. The molecule has 2 rings (SSSR count). The maximum absolute atomic E-state index is 12.7. The normalized spacial score (nSPS) is 11.3. The highest BCUT2D eigenvalue weighted by atomic mass is 35.5. The monoisotopic (exact) mass is 410 g/mol. The third-order valence-electron chi connectivity index (χ3n) is 4.25.